The van der Waals surface area contributed by atoms with Crippen molar-refractivity contribution in [3.05, 3.63) is 30.3 Å². The van der Waals surface area contributed by atoms with Gasteiger partial charge < -0.3 is 10.2 Å². The summed E-state index contributed by atoms with van der Waals surface area (Å²) in [5.74, 6) is 1.53. The van der Waals surface area contributed by atoms with Gasteiger partial charge in [0.2, 0.25) is 5.95 Å². The lowest BCUT2D eigenvalue weighted by Crippen LogP contribution is -2.31. The van der Waals surface area contributed by atoms with Crippen LogP contribution in [0.25, 0.3) is 5.69 Å². The van der Waals surface area contributed by atoms with Gasteiger partial charge in [0.05, 0.1) is 5.69 Å². The van der Waals surface area contributed by atoms with Gasteiger partial charge in [-0.25, -0.2) is 0 Å². The van der Waals surface area contributed by atoms with Crippen LogP contribution in [0.1, 0.15) is 19.3 Å². The van der Waals surface area contributed by atoms with Crippen molar-refractivity contribution in [3.8, 4) is 5.69 Å². The molecule has 0 amide bonds. The van der Waals surface area contributed by atoms with E-state index in [1.165, 1.54) is 32.4 Å². The quantitative estimate of drug-likeness (QED) is 0.908. The molecule has 6 nitrogen and oxygen atoms in total. The summed E-state index contributed by atoms with van der Waals surface area (Å²) in [5.41, 5.74) is 0.976. The molecule has 2 heterocycles. The Morgan fingerprint density at radius 1 is 1.19 bits per heavy atom. The van der Waals surface area contributed by atoms with Gasteiger partial charge in [0.15, 0.2) is 0 Å². The van der Waals surface area contributed by atoms with Gasteiger partial charge >= 0.3 is 0 Å². The number of benzene rings is 1. The topological polar surface area (TPSA) is 58.9 Å². The van der Waals surface area contributed by atoms with Crippen molar-refractivity contribution in [2.24, 2.45) is 5.92 Å². The highest BCUT2D eigenvalue weighted by molar-refractivity contribution is 5.38. The van der Waals surface area contributed by atoms with E-state index in [0.717, 1.165) is 18.2 Å². The van der Waals surface area contributed by atoms with Crippen molar-refractivity contribution in [1.29, 1.82) is 0 Å². The lowest BCUT2D eigenvalue weighted by atomic mass is 9.94. The molecule has 1 aromatic carbocycles. The largest absolute Gasteiger partial charge is 0.353 e. The number of para-hydroxylation sites is 1. The highest BCUT2D eigenvalue weighted by Gasteiger charge is 2.16. The number of aromatic nitrogens is 4. The molecule has 1 aliphatic heterocycles. The summed E-state index contributed by atoms with van der Waals surface area (Å²) in [6.07, 6.45) is 3.76. The van der Waals surface area contributed by atoms with Crippen molar-refractivity contribution < 1.29 is 0 Å². The number of hydrogen-bond donors (Lipinski definition) is 1. The lowest BCUT2D eigenvalue weighted by molar-refractivity contribution is 0.215. The number of nitrogens with one attached hydrogen (secondary N) is 1. The average molecular weight is 286 g/mol. The van der Waals surface area contributed by atoms with E-state index in [-0.39, 0.29) is 0 Å². The molecule has 0 spiro atoms. The molecule has 1 saturated heterocycles. The second-order valence-electron chi connectivity index (χ2n) is 5.71. The number of nitrogens with zero attached hydrogens (tertiary/aromatic N) is 5. The second kappa shape index (κ2) is 6.67. The van der Waals surface area contributed by atoms with E-state index in [9.17, 15) is 0 Å². The summed E-state index contributed by atoms with van der Waals surface area (Å²) in [7, 11) is 2.20. The van der Waals surface area contributed by atoms with Gasteiger partial charge in [-0.15, -0.1) is 0 Å². The first-order valence-electron chi connectivity index (χ1n) is 7.59. The molecule has 2 aromatic rings. The van der Waals surface area contributed by atoms with Gasteiger partial charge in [0.1, 0.15) is 0 Å². The molecule has 0 atom stereocenters. The summed E-state index contributed by atoms with van der Waals surface area (Å²) in [6, 6.07) is 9.96. The SMILES string of the molecule is CN1CCC(CCNc2nnnn2-c2ccccc2)CC1. The minimum Gasteiger partial charge on any atom is -0.353 e. The van der Waals surface area contributed by atoms with Crippen LogP contribution in [0.3, 0.4) is 0 Å². The Morgan fingerprint density at radius 2 is 1.95 bits per heavy atom. The number of tetrazole rings is 1. The molecule has 0 saturated carbocycles. The molecule has 21 heavy (non-hydrogen) atoms. The Bertz CT molecular complexity index is 544. The van der Waals surface area contributed by atoms with Gasteiger partial charge in [-0.2, -0.15) is 4.68 Å². The molecule has 3 rings (SSSR count). The standard InChI is InChI=1S/C15H22N6/c1-20-11-8-13(9-12-20)7-10-16-15-17-18-19-21(15)14-5-3-2-4-6-14/h2-6,13H,7-12H2,1H3,(H,16,17,19). The molecule has 0 radical (unpaired) electrons. The van der Waals surface area contributed by atoms with Crippen molar-refractivity contribution in [1.82, 2.24) is 25.1 Å². The van der Waals surface area contributed by atoms with E-state index in [0.29, 0.717) is 5.95 Å². The molecular formula is C15H22N6. The van der Waals surface area contributed by atoms with Crippen LogP contribution in [-0.4, -0.2) is 51.8 Å². The Balaban J connectivity index is 1.53. The average Bonchev–Trinajstić information content (AvgIpc) is 2.99. The van der Waals surface area contributed by atoms with E-state index in [1.807, 2.05) is 30.3 Å². The summed E-state index contributed by atoms with van der Waals surface area (Å²) < 4.78 is 1.74. The monoisotopic (exact) mass is 286 g/mol. The third-order valence-corrected chi connectivity index (χ3v) is 4.14. The van der Waals surface area contributed by atoms with Crippen LogP contribution in [0.15, 0.2) is 30.3 Å². The van der Waals surface area contributed by atoms with Crippen molar-refractivity contribution in [3.63, 3.8) is 0 Å². The van der Waals surface area contributed by atoms with Gasteiger partial charge in [-0.3, -0.25) is 0 Å². The normalized spacial score (nSPS) is 17.0. The summed E-state index contributed by atoms with van der Waals surface area (Å²) in [5, 5.41) is 15.2. The molecule has 0 unspecified atom stereocenters. The van der Waals surface area contributed by atoms with E-state index >= 15 is 0 Å². The first kappa shape index (κ1) is 14.0. The first-order valence-corrected chi connectivity index (χ1v) is 7.59. The van der Waals surface area contributed by atoms with Gasteiger partial charge in [-0.1, -0.05) is 23.3 Å². The molecule has 6 heteroatoms. The molecule has 1 aromatic heterocycles. The van der Waals surface area contributed by atoms with Crippen LogP contribution >= 0.6 is 0 Å². The number of rotatable bonds is 5. The molecule has 0 bridgehead atoms. The van der Waals surface area contributed by atoms with Crippen LogP contribution in [0.4, 0.5) is 5.95 Å². The zero-order valence-electron chi connectivity index (χ0n) is 12.4. The van der Waals surface area contributed by atoms with Gasteiger partial charge in [0.25, 0.3) is 0 Å². The molecule has 0 aliphatic carbocycles. The van der Waals surface area contributed by atoms with E-state index in [4.69, 9.17) is 0 Å². The van der Waals surface area contributed by atoms with Crippen LogP contribution in [0.2, 0.25) is 0 Å². The summed E-state index contributed by atoms with van der Waals surface area (Å²) >= 11 is 0. The van der Waals surface area contributed by atoms with E-state index in [1.54, 1.807) is 4.68 Å². The molecule has 1 N–H and O–H groups in total. The fourth-order valence-corrected chi connectivity index (χ4v) is 2.78. The van der Waals surface area contributed by atoms with Crippen LogP contribution in [-0.2, 0) is 0 Å². The number of anilines is 1. The van der Waals surface area contributed by atoms with Gasteiger partial charge in [0, 0.05) is 6.54 Å². The second-order valence-corrected chi connectivity index (χ2v) is 5.71. The van der Waals surface area contributed by atoms with Crippen molar-refractivity contribution in [2.45, 2.75) is 19.3 Å². The maximum atomic E-state index is 4.07. The van der Waals surface area contributed by atoms with Crippen molar-refractivity contribution >= 4 is 5.95 Å². The minimum atomic E-state index is 0.717. The highest BCUT2D eigenvalue weighted by Crippen LogP contribution is 2.19. The Labute approximate surface area is 125 Å². The Hall–Kier alpha value is -1.95. The smallest absolute Gasteiger partial charge is 0.247 e. The van der Waals surface area contributed by atoms with Gasteiger partial charge in [-0.05, 0) is 67.9 Å². The maximum absolute atomic E-state index is 4.07. The fraction of sp³-hybridized carbons (Fsp3) is 0.533. The Morgan fingerprint density at radius 3 is 2.71 bits per heavy atom. The number of hydrogen-bond acceptors (Lipinski definition) is 5. The third-order valence-electron chi connectivity index (χ3n) is 4.14. The van der Waals surface area contributed by atoms with Crippen molar-refractivity contribution in [2.75, 3.05) is 32.0 Å². The molecule has 1 aliphatic rings. The maximum Gasteiger partial charge on any atom is 0.247 e. The number of piperidine rings is 1. The predicted octanol–water partition coefficient (Wildman–Crippen LogP) is 1.81. The Kier molecular flexibility index (Phi) is 4.45. The zero-order chi connectivity index (χ0) is 14.5. The van der Waals surface area contributed by atoms with E-state index in [2.05, 4.69) is 32.8 Å². The highest BCUT2D eigenvalue weighted by atomic mass is 15.6. The zero-order valence-corrected chi connectivity index (χ0v) is 12.4. The number of likely N-dealkylation sites (tertiary alicyclic amines) is 1. The van der Waals surface area contributed by atoms with Crippen LogP contribution in [0, 0.1) is 5.92 Å². The van der Waals surface area contributed by atoms with Crippen LogP contribution < -0.4 is 5.32 Å². The third kappa shape index (κ3) is 3.58. The summed E-state index contributed by atoms with van der Waals surface area (Å²) in [6.45, 7) is 3.35. The van der Waals surface area contributed by atoms with E-state index < -0.39 is 0 Å². The fourth-order valence-electron chi connectivity index (χ4n) is 2.78. The predicted molar refractivity (Wildman–Crippen MR) is 82.5 cm³/mol. The lowest BCUT2D eigenvalue weighted by Gasteiger charge is -2.28. The molecular weight excluding hydrogens is 264 g/mol. The first-order chi connectivity index (χ1) is 10.3. The summed E-state index contributed by atoms with van der Waals surface area (Å²) in [4.78, 5) is 2.40. The van der Waals surface area contributed by atoms with Crippen LogP contribution in [0.5, 0.6) is 0 Å². The molecule has 112 valence electrons. The minimum absolute atomic E-state index is 0.717. The molecule has 1 fully saturated rings.